The number of nitrogens with one attached hydrogen (secondary N) is 1. The number of benzene rings is 1. The van der Waals surface area contributed by atoms with Crippen LogP contribution in [0.3, 0.4) is 0 Å². The number of rotatable bonds is 6. The van der Waals surface area contributed by atoms with Crippen LogP contribution in [0, 0.1) is 5.82 Å². The average molecular weight is 515 g/mol. The van der Waals surface area contributed by atoms with Crippen molar-refractivity contribution in [3.63, 3.8) is 0 Å². The SMILES string of the molecule is CC(O)(c1cc(-c2c[nH]c3ncc(-c4cnn(CC(=O)N5CCCCC5)c4)cc23)no1)c1ccccc1F. The monoisotopic (exact) mass is 514 g/mol. The quantitative estimate of drug-likeness (QED) is 0.345. The van der Waals surface area contributed by atoms with Gasteiger partial charge in [-0.15, -0.1) is 0 Å². The lowest BCUT2D eigenvalue weighted by atomic mass is 9.92. The van der Waals surface area contributed by atoms with E-state index in [1.807, 2.05) is 17.2 Å². The minimum atomic E-state index is -1.70. The van der Waals surface area contributed by atoms with Crippen LogP contribution in [-0.2, 0) is 16.9 Å². The van der Waals surface area contributed by atoms with E-state index in [9.17, 15) is 14.3 Å². The predicted molar refractivity (Wildman–Crippen MR) is 138 cm³/mol. The van der Waals surface area contributed by atoms with Crippen LogP contribution < -0.4 is 0 Å². The number of likely N-dealkylation sites (tertiary alicyclic amines) is 1. The van der Waals surface area contributed by atoms with Gasteiger partial charge >= 0.3 is 0 Å². The van der Waals surface area contributed by atoms with Crippen molar-refractivity contribution in [1.82, 2.24) is 29.8 Å². The van der Waals surface area contributed by atoms with Crippen LogP contribution in [0.25, 0.3) is 33.4 Å². The van der Waals surface area contributed by atoms with E-state index in [0.717, 1.165) is 48.0 Å². The van der Waals surface area contributed by atoms with Crippen molar-refractivity contribution in [3.8, 4) is 22.4 Å². The molecule has 6 rings (SSSR count). The molecule has 0 radical (unpaired) electrons. The number of hydrogen-bond acceptors (Lipinski definition) is 6. The Morgan fingerprint density at radius 2 is 1.97 bits per heavy atom. The zero-order chi connectivity index (χ0) is 26.3. The molecule has 10 heteroatoms. The molecule has 5 heterocycles. The lowest BCUT2D eigenvalue weighted by Gasteiger charge is -2.26. The summed E-state index contributed by atoms with van der Waals surface area (Å²) in [4.78, 5) is 22.2. The molecule has 4 aromatic heterocycles. The second-order valence-electron chi connectivity index (χ2n) is 9.82. The average Bonchev–Trinajstić information content (AvgIpc) is 3.69. The zero-order valence-electron chi connectivity index (χ0n) is 20.9. The van der Waals surface area contributed by atoms with Crippen LogP contribution in [-0.4, -0.2) is 53.9 Å². The van der Waals surface area contributed by atoms with E-state index in [-0.39, 0.29) is 23.8 Å². The Balaban J connectivity index is 1.27. The first-order valence-corrected chi connectivity index (χ1v) is 12.6. The Kier molecular flexibility index (Phi) is 6.03. The molecule has 1 atom stereocenters. The van der Waals surface area contributed by atoms with E-state index in [4.69, 9.17) is 4.52 Å². The second-order valence-corrected chi connectivity index (χ2v) is 9.82. The van der Waals surface area contributed by atoms with Crippen molar-refractivity contribution < 1.29 is 18.8 Å². The van der Waals surface area contributed by atoms with Gasteiger partial charge in [-0.2, -0.15) is 5.10 Å². The number of carbonyl (C=O) groups excluding carboxylic acids is 1. The van der Waals surface area contributed by atoms with Crippen molar-refractivity contribution >= 4 is 16.9 Å². The predicted octanol–water partition coefficient (Wildman–Crippen LogP) is 4.49. The highest BCUT2D eigenvalue weighted by Gasteiger charge is 2.33. The summed E-state index contributed by atoms with van der Waals surface area (Å²) in [5, 5.41) is 20.4. The van der Waals surface area contributed by atoms with Crippen molar-refractivity contribution in [3.05, 3.63) is 78.3 Å². The molecule has 0 aliphatic carbocycles. The number of fused-ring (bicyclic) bond motifs is 1. The van der Waals surface area contributed by atoms with E-state index in [1.165, 1.54) is 25.5 Å². The normalized spacial score (nSPS) is 15.6. The van der Waals surface area contributed by atoms with Crippen molar-refractivity contribution in [2.24, 2.45) is 0 Å². The molecule has 1 amide bonds. The second kappa shape index (κ2) is 9.53. The molecule has 1 aromatic carbocycles. The molecule has 0 spiro atoms. The molecule has 0 saturated carbocycles. The molecule has 1 aliphatic rings. The zero-order valence-corrected chi connectivity index (χ0v) is 20.9. The molecule has 9 nitrogen and oxygen atoms in total. The van der Waals surface area contributed by atoms with Crippen LogP contribution in [0.15, 0.2) is 65.7 Å². The van der Waals surface area contributed by atoms with Gasteiger partial charge < -0.3 is 19.5 Å². The molecule has 1 aliphatic heterocycles. The minimum absolute atomic E-state index is 0.0777. The van der Waals surface area contributed by atoms with Crippen molar-refractivity contribution in [2.45, 2.75) is 38.3 Å². The number of halogens is 1. The van der Waals surface area contributed by atoms with Gasteiger partial charge in [0.05, 0.1) is 6.20 Å². The minimum Gasteiger partial charge on any atom is -0.377 e. The maximum Gasteiger partial charge on any atom is 0.244 e. The number of pyridine rings is 1. The summed E-state index contributed by atoms with van der Waals surface area (Å²) in [6, 6.07) is 9.59. The van der Waals surface area contributed by atoms with E-state index < -0.39 is 11.4 Å². The fraction of sp³-hybridized carbons (Fsp3) is 0.286. The van der Waals surface area contributed by atoms with Crippen LogP contribution in [0.1, 0.15) is 37.5 Å². The van der Waals surface area contributed by atoms with Crippen molar-refractivity contribution in [1.29, 1.82) is 0 Å². The van der Waals surface area contributed by atoms with Gasteiger partial charge in [-0.25, -0.2) is 9.37 Å². The first-order chi connectivity index (χ1) is 18.4. The fourth-order valence-electron chi connectivity index (χ4n) is 4.97. The van der Waals surface area contributed by atoms with Gasteiger partial charge in [0.2, 0.25) is 5.91 Å². The number of amides is 1. The van der Waals surface area contributed by atoms with Gasteiger partial charge in [-0.05, 0) is 38.3 Å². The third kappa shape index (κ3) is 4.37. The Morgan fingerprint density at radius 1 is 1.16 bits per heavy atom. The Hall–Kier alpha value is -4.31. The molecule has 0 bridgehead atoms. The Labute approximate surface area is 217 Å². The molecular formula is C28H27FN6O3. The molecule has 194 valence electrons. The first-order valence-electron chi connectivity index (χ1n) is 12.6. The number of H-pyrrole nitrogens is 1. The molecule has 1 fully saturated rings. The number of aromatic amines is 1. The maximum absolute atomic E-state index is 14.4. The summed E-state index contributed by atoms with van der Waals surface area (Å²) in [7, 11) is 0. The lowest BCUT2D eigenvalue weighted by Crippen LogP contribution is -2.37. The highest BCUT2D eigenvalue weighted by molar-refractivity contribution is 5.94. The van der Waals surface area contributed by atoms with Gasteiger partial charge in [-0.3, -0.25) is 9.48 Å². The lowest BCUT2D eigenvalue weighted by molar-refractivity contribution is -0.132. The molecule has 1 unspecified atom stereocenters. The first kappa shape index (κ1) is 24.1. The summed E-state index contributed by atoms with van der Waals surface area (Å²) in [5.41, 5.74) is 1.92. The number of hydrogen-bond donors (Lipinski definition) is 2. The molecule has 38 heavy (non-hydrogen) atoms. The molecular weight excluding hydrogens is 487 g/mol. The van der Waals surface area contributed by atoms with Gasteiger partial charge in [0, 0.05) is 65.4 Å². The van der Waals surface area contributed by atoms with Gasteiger partial charge in [0.1, 0.15) is 29.3 Å². The molecule has 1 saturated heterocycles. The van der Waals surface area contributed by atoms with Crippen LogP contribution in [0.5, 0.6) is 0 Å². The third-order valence-corrected chi connectivity index (χ3v) is 7.17. The highest BCUT2D eigenvalue weighted by Crippen LogP contribution is 2.35. The van der Waals surface area contributed by atoms with Gasteiger partial charge in [-0.1, -0.05) is 23.4 Å². The van der Waals surface area contributed by atoms with Crippen LogP contribution in [0.2, 0.25) is 0 Å². The summed E-state index contributed by atoms with van der Waals surface area (Å²) < 4.78 is 21.5. The van der Waals surface area contributed by atoms with E-state index >= 15 is 0 Å². The van der Waals surface area contributed by atoms with E-state index in [0.29, 0.717) is 11.3 Å². The number of aliphatic hydroxyl groups is 1. The largest absolute Gasteiger partial charge is 0.377 e. The number of piperidine rings is 1. The molecule has 2 N–H and O–H groups in total. The summed E-state index contributed by atoms with van der Waals surface area (Å²) in [6.45, 7) is 3.29. The Morgan fingerprint density at radius 3 is 2.79 bits per heavy atom. The summed E-state index contributed by atoms with van der Waals surface area (Å²) in [6.07, 6.45) is 10.3. The van der Waals surface area contributed by atoms with E-state index in [1.54, 1.807) is 41.5 Å². The van der Waals surface area contributed by atoms with Crippen LogP contribution >= 0.6 is 0 Å². The highest BCUT2D eigenvalue weighted by atomic mass is 19.1. The molecule has 5 aromatic rings. The standard InChI is InChI=1S/C28H27FN6O3/c1-28(37,22-7-3-4-8-23(22)29)25-12-24(33-38-25)21-15-31-27-20(21)11-18(13-30-27)19-14-32-35(16-19)17-26(36)34-9-5-2-6-10-34/h3-4,7-8,11-16,37H,2,5-6,9-10,17H2,1H3,(H,30,31). The topological polar surface area (TPSA) is 113 Å². The summed E-state index contributed by atoms with van der Waals surface area (Å²) >= 11 is 0. The number of nitrogens with zero attached hydrogens (tertiary/aromatic N) is 5. The number of aromatic nitrogens is 5. The maximum atomic E-state index is 14.4. The number of carbonyl (C=O) groups is 1. The Bertz CT molecular complexity index is 1610. The third-order valence-electron chi connectivity index (χ3n) is 7.17. The van der Waals surface area contributed by atoms with E-state index in [2.05, 4.69) is 20.2 Å². The van der Waals surface area contributed by atoms with Gasteiger partial charge in [0.25, 0.3) is 0 Å². The smallest absolute Gasteiger partial charge is 0.244 e. The fourth-order valence-corrected chi connectivity index (χ4v) is 4.97. The summed E-state index contributed by atoms with van der Waals surface area (Å²) in [5.74, 6) is -0.334. The van der Waals surface area contributed by atoms with Gasteiger partial charge in [0.15, 0.2) is 5.76 Å². The van der Waals surface area contributed by atoms with Crippen molar-refractivity contribution in [2.75, 3.05) is 13.1 Å². The van der Waals surface area contributed by atoms with Crippen LogP contribution in [0.4, 0.5) is 4.39 Å².